The van der Waals surface area contributed by atoms with Gasteiger partial charge in [-0.15, -0.1) is 11.3 Å². The molecule has 1 amide bonds. The van der Waals surface area contributed by atoms with Crippen molar-refractivity contribution in [3.63, 3.8) is 0 Å². The zero-order valence-electron chi connectivity index (χ0n) is 12.3. The van der Waals surface area contributed by atoms with Crippen LogP contribution < -0.4 is 10.1 Å². The monoisotopic (exact) mass is 311 g/mol. The number of carbonyl (C=O) groups excluding carboxylic acids is 1. The molecule has 0 fully saturated rings. The smallest absolute Gasteiger partial charge is 0.244 e. The first kappa shape index (κ1) is 15.9. The Morgan fingerprint density at radius 3 is 2.91 bits per heavy atom. The zero-order valence-corrected chi connectivity index (χ0v) is 13.2. The molecule has 0 aliphatic carbocycles. The third-order valence-electron chi connectivity index (χ3n) is 2.81. The van der Waals surface area contributed by atoms with Crippen molar-refractivity contribution in [2.24, 2.45) is 0 Å². The molecule has 0 saturated heterocycles. The first-order chi connectivity index (χ1) is 10.8. The summed E-state index contributed by atoms with van der Waals surface area (Å²) >= 11 is 1.59. The fraction of sp³-hybridized carbons (Fsp3) is 0.167. The average molecular weight is 311 g/mol. The fourth-order valence-electron chi connectivity index (χ4n) is 1.68. The van der Waals surface area contributed by atoms with E-state index in [0.717, 1.165) is 16.2 Å². The van der Waals surface area contributed by atoms with E-state index in [-0.39, 0.29) is 5.91 Å². The normalized spacial score (nSPS) is 10.0. The number of para-hydroxylation sites is 1. The van der Waals surface area contributed by atoms with Crippen molar-refractivity contribution in [2.75, 3.05) is 13.2 Å². The molecule has 1 aromatic heterocycles. The van der Waals surface area contributed by atoms with Crippen LogP contribution in [0.1, 0.15) is 10.4 Å². The Balaban J connectivity index is 1.66. The summed E-state index contributed by atoms with van der Waals surface area (Å²) in [4.78, 5) is 12.6. The van der Waals surface area contributed by atoms with Gasteiger partial charge >= 0.3 is 0 Å². The Morgan fingerprint density at radius 1 is 1.27 bits per heavy atom. The number of nitrogens with one attached hydrogen (secondary N) is 1. The van der Waals surface area contributed by atoms with Crippen LogP contribution in [-0.4, -0.2) is 19.1 Å². The number of rotatable bonds is 5. The van der Waals surface area contributed by atoms with Crippen molar-refractivity contribution >= 4 is 23.3 Å². The van der Waals surface area contributed by atoms with E-state index >= 15 is 0 Å². The number of ether oxygens (including phenoxy) is 1. The first-order valence-corrected chi connectivity index (χ1v) is 7.77. The van der Waals surface area contributed by atoms with Crippen LogP contribution in [-0.2, 0) is 4.79 Å². The van der Waals surface area contributed by atoms with Gasteiger partial charge in [-0.1, -0.05) is 36.1 Å². The highest BCUT2D eigenvalue weighted by Crippen LogP contribution is 2.15. The topological polar surface area (TPSA) is 38.3 Å². The summed E-state index contributed by atoms with van der Waals surface area (Å²) in [6.45, 7) is 2.61. The lowest BCUT2D eigenvalue weighted by Crippen LogP contribution is -2.21. The lowest BCUT2D eigenvalue weighted by atomic mass is 10.2. The third-order valence-corrected chi connectivity index (χ3v) is 3.65. The van der Waals surface area contributed by atoms with E-state index in [1.54, 1.807) is 17.4 Å². The number of carbonyl (C=O) groups is 1. The summed E-state index contributed by atoms with van der Waals surface area (Å²) in [5.74, 6) is 6.42. The van der Waals surface area contributed by atoms with E-state index in [2.05, 4.69) is 17.2 Å². The van der Waals surface area contributed by atoms with Crippen LogP contribution in [0.2, 0.25) is 0 Å². The second-order valence-electron chi connectivity index (χ2n) is 4.47. The second kappa shape index (κ2) is 8.71. The highest BCUT2D eigenvalue weighted by Gasteiger charge is 1.95. The quantitative estimate of drug-likeness (QED) is 0.680. The molecule has 2 rings (SSSR count). The van der Waals surface area contributed by atoms with Gasteiger partial charge in [0.25, 0.3) is 0 Å². The van der Waals surface area contributed by atoms with Crippen molar-refractivity contribution < 1.29 is 9.53 Å². The maximum Gasteiger partial charge on any atom is 0.244 e. The molecule has 3 nitrogen and oxygen atoms in total. The lowest BCUT2D eigenvalue weighted by Gasteiger charge is -2.04. The molecule has 22 heavy (non-hydrogen) atoms. The van der Waals surface area contributed by atoms with Gasteiger partial charge in [-0.25, -0.2) is 0 Å². The minimum absolute atomic E-state index is 0.150. The standard InChI is InChI=1S/C18H17NO2S/c1-15-7-2-3-9-17(15)21-13-5-4-12-19-18(20)11-10-16-8-6-14-22-16/h2-3,6-11,14H,12-13H2,1H3,(H,19,20)/b11-10+. The molecule has 0 aliphatic rings. The fourth-order valence-corrected chi connectivity index (χ4v) is 2.30. The molecular weight excluding hydrogens is 294 g/mol. The first-order valence-electron chi connectivity index (χ1n) is 6.89. The Labute approximate surface area is 134 Å². The predicted octanol–water partition coefficient (Wildman–Crippen LogP) is 3.27. The van der Waals surface area contributed by atoms with Gasteiger partial charge in [0.05, 0.1) is 6.54 Å². The van der Waals surface area contributed by atoms with E-state index < -0.39 is 0 Å². The van der Waals surface area contributed by atoms with E-state index in [4.69, 9.17) is 4.74 Å². The van der Waals surface area contributed by atoms with Crippen LogP contribution >= 0.6 is 11.3 Å². The van der Waals surface area contributed by atoms with Crippen LogP contribution in [0.15, 0.2) is 47.9 Å². The Kier molecular flexibility index (Phi) is 6.28. The summed E-state index contributed by atoms with van der Waals surface area (Å²) in [6, 6.07) is 11.7. The van der Waals surface area contributed by atoms with Gasteiger partial charge in [0.15, 0.2) is 0 Å². The molecule has 0 atom stereocenters. The molecule has 0 spiro atoms. The third kappa shape index (κ3) is 5.47. The molecule has 1 heterocycles. The molecule has 1 N–H and O–H groups in total. The Morgan fingerprint density at radius 2 is 2.14 bits per heavy atom. The van der Waals surface area contributed by atoms with Crippen LogP contribution in [0.3, 0.4) is 0 Å². The van der Waals surface area contributed by atoms with Crippen molar-refractivity contribution in [3.8, 4) is 17.6 Å². The Bertz CT molecular complexity index is 693. The highest BCUT2D eigenvalue weighted by atomic mass is 32.1. The number of amides is 1. The minimum Gasteiger partial charge on any atom is -0.481 e. The molecular formula is C18H17NO2S. The van der Waals surface area contributed by atoms with Gasteiger partial charge in [-0.2, -0.15) is 0 Å². The molecule has 0 unspecified atom stereocenters. The molecule has 0 radical (unpaired) electrons. The summed E-state index contributed by atoms with van der Waals surface area (Å²) in [5.41, 5.74) is 1.08. The van der Waals surface area contributed by atoms with Gasteiger partial charge < -0.3 is 10.1 Å². The van der Waals surface area contributed by atoms with E-state index in [1.165, 1.54) is 6.08 Å². The SMILES string of the molecule is Cc1ccccc1OCC#CCNC(=O)/C=C/c1cccs1. The Hall–Kier alpha value is -2.51. The minimum atomic E-state index is -0.150. The lowest BCUT2D eigenvalue weighted by molar-refractivity contribution is -0.116. The van der Waals surface area contributed by atoms with Gasteiger partial charge in [0.1, 0.15) is 12.4 Å². The molecule has 0 aliphatic heterocycles. The summed E-state index contributed by atoms with van der Waals surface area (Å²) in [5, 5.41) is 4.67. The number of hydrogen-bond acceptors (Lipinski definition) is 3. The maximum absolute atomic E-state index is 11.5. The van der Waals surface area contributed by atoms with Crippen LogP contribution in [0.5, 0.6) is 5.75 Å². The number of hydrogen-bond donors (Lipinski definition) is 1. The van der Waals surface area contributed by atoms with Gasteiger partial charge in [-0.3, -0.25) is 4.79 Å². The van der Waals surface area contributed by atoms with Crippen LogP contribution in [0, 0.1) is 18.8 Å². The number of aryl methyl sites for hydroxylation is 1. The average Bonchev–Trinajstić information content (AvgIpc) is 3.04. The van der Waals surface area contributed by atoms with Crippen molar-refractivity contribution in [2.45, 2.75) is 6.92 Å². The van der Waals surface area contributed by atoms with E-state index in [0.29, 0.717) is 13.2 Å². The summed E-state index contributed by atoms with van der Waals surface area (Å²) in [7, 11) is 0. The van der Waals surface area contributed by atoms with E-state index in [9.17, 15) is 4.79 Å². The number of benzene rings is 1. The van der Waals surface area contributed by atoms with Crippen molar-refractivity contribution in [3.05, 3.63) is 58.3 Å². The highest BCUT2D eigenvalue weighted by molar-refractivity contribution is 7.10. The molecule has 2 aromatic rings. The largest absolute Gasteiger partial charge is 0.481 e. The summed E-state index contributed by atoms with van der Waals surface area (Å²) in [6.07, 6.45) is 3.30. The zero-order chi connectivity index (χ0) is 15.6. The van der Waals surface area contributed by atoms with Crippen LogP contribution in [0.4, 0.5) is 0 Å². The predicted molar refractivity (Wildman–Crippen MR) is 90.8 cm³/mol. The van der Waals surface area contributed by atoms with Crippen LogP contribution in [0.25, 0.3) is 6.08 Å². The molecule has 112 valence electrons. The molecule has 4 heteroatoms. The van der Waals surface area contributed by atoms with Gasteiger partial charge in [0.2, 0.25) is 5.91 Å². The van der Waals surface area contributed by atoms with E-state index in [1.807, 2.05) is 48.7 Å². The molecule has 1 aromatic carbocycles. The second-order valence-corrected chi connectivity index (χ2v) is 5.45. The van der Waals surface area contributed by atoms with Gasteiger partial charge in [-0.05, 0) is 36.1 Å². The molecule has 0 bridgehead atoms. The van der Waals surface area contributed by atoms with Crippen molar-refractivity contribution in [1.29, 1.82) is 0 Å². The summed E-state index contributed by atoms with van der Waals surface area (Å²) < 4.78 is 5.54. The number of thiophene rings is 1. The van der Waals surface area contributed by atoms with Gasteiger partial charge in [0, 0.05) is 11.0 Å². The van der Waals surface area contributed by atoms with Crippen molar-refractivity contribution in [1.82, 2.24) is 5.32 Å². The molecule has 0 saturated carbocycles. The maximum atomic E-state index is 11.5.